The summed E-state index contributed by atoms with van der Waals surface area (Å²) in [4.78, 5) is 15.6. The summed E-state index contributed by atoms with van der Waals surface area (Å²) in [5.74, 6) is 0.899. The summed E-state index contributed by atoms with van der Waals surface area (Å²) in [6.07, 6.45) is 3.56. The SMILES string of the molecule is Cc1ccoc1C(=O)NCCc1ncn[nH]1. The first-order valence-electron chi connectivity index (χ1n) is 4.94. The van der Waals surface area contributed by atoms with Crippen LogP contribution in [0.25, 0.3) is 0 Å². The van der Waals surface area contributed by atoms with Crippen LogP contribution in [0, 0.1) is 6.92 Å². The number of aromatic nitrogens is 3. The van der Waals surface area contributed by atoms with E-state index in [0.717, 1.165) is 11.4 Å². The lowest BCUT2D eigenvalue weighted by atomic mass is 10.2. The Balaban J connectivity index is 1.83. The average molecular weight is 220 g/mol. The molecule has 0 aliphatic heterocycles. The molecular weight excluding hydrogens is 208 g/mol. The molecule has 6 nitrogen and oxygen atoms in total. The van der Waals surface area contributed by atoms with Gasteiger partial charge in [-0.3, -0.25) is 9.89 Å². The van der Waals surface area contributed by atoms with Crippen LogP contribution in [0.3, 0.4) is 0 Å². The highest BCUT2D eigenvalue weighted by Gasteiger charge is 2.11. The van der Waals surface area contributed by atoms with E-state index >= 15 is 0 Å². The quantitative estimate of drug-likeness (QED) is 0.793. The molecule has 2 aromatic heterocycles. The van der Waals surface area contributed by atoms with Crippen molar-refractivity contribution < 1.29 is 9.21 Å². The van der Waals surface area contributed by atoms with Crippen LogP contribution in [0.5, 0.6) is 0 Å². The van der Waals surface area contributed by atoms with Crippen LogP contribution in [-0.2, 0) is 6.42 Å². The molecule has 0 unspecified atom stereocenters. The minimum atomic E-state index is -0.206. The fourth-order valence-corrected chi connectivity index (χ4v) is 1.33. The van der Waals surface area contributed by atoms with Crippen LogP contribution in [0.2, 0.25) is 0 Å². The zero-order valence-corrected chi connectivity index (χ0v) is 8.86. The maximum Gasteiger partial charge on any atom is 0.287 e. The van der Waals surface area contributed by atoms with E-state index in [1.165, 1.54) is 12.6 Å². The third kappa shape index (κ3) is 2.28. The standard InChI is InChI=1S/C10H12N4O2/c1-7-3-5-16-9(7)10(15)11-4-2-8-12-6-13-14-8/h3,5-6H,2,4H2,1H3,(H,11,15)(H,12,13,14). The molecule has 0 aliphatic rings. The third-order valence-corrected chi connectivity index (χ3v) is 2.18. The lowest BCUT2D eigenvalue weighted by molar-refractivity contribution is 0.0925. The monoisotopic (exact) mass is 220 g/mol. The number of amides is 1. The number of carbonyl (C=O) groups is 1. The van der Waals surface area contributed by atoms with Crippen LogP contribution in [0.4, 0.5) is 0 Å². The van der Waals surface area contributed by atoms with Gasteiger partial charge in [0.1, 0.15) is 12.2 Å². The lowest BCUT2D eigenvalue weighted by Crippen LogP contribution is -2.26. The molecule has 2 rings (SSSR count). The van der Waals surface area contributed by atoms with E-state index in [1.807, 2.05) is 6.92 Å². The summed E-state index contributed by atoms with van der Waals surface area (Å²) in [5, 5.41) is 9.18. The van der Waals surface area contributed by atoms with Crippen molar-refractivity contribution in [1.29, 1.82) is 0 Å². The third-order valence-electron chi connectivity index (χ3n) is 2.18. The molecule has 0 spiro atoms. The normalized spacial score (nSPS) is 10.3. The molecule has 0 saturated heterocycles. The number of nitrogens with zero attached hydrogens (tertiary/aromatic N) is 2. The van der Waals surface area contributed by atoms with E-state index in [1.54, 1.807) is 6.07 Å². The number of aromatic amines is 1. The van der Waals surface area contributed by atoms with Gasteiger partial charge < -0.3 is 9.73 Å². The summed E-state index contributed by atoms with van der Waals surface area (Å²) in [5.41, 5.74) is 0.831. The topological polar surface area (TPSA) is 83.8 Å². The first-order valence-corrected chi connectivity index (χ1v) is 4.94. The maximum absolute atomic E-state index is 11.6. The average Bonchev–Trinajstić information content (AvgIpc) is 2.88. The molecule has 0 bridgehead atoms. The second-order valence-electron chi connectivity index (χ2n) is 3.37. The van der Waals surface area contributed by atoms with Gasteiger partial charge in [0.25, 0.3) is 5.91 Å². The van der Waals surface area contributed by atoms with Crippen molar-refractivity contribution in [1.82, 2.24) is 20.5 Å². The van der Waals surface area contributed by atoms with Crippen molar-refractivity contribution in [3.63, 3.8) is 0 Å². The fraction of sp³-hybridized carbons (Fsp3) is 0.300. The predicted molar refractivity (Wildman–Crippen MR) is 55.9 cm³/mol. The number of furan rings is 1. The molecule has 0 aromatic carbocycles. The van der Waals surface area contributed by atoms with Crippen LogP contribution < -0.4 is 5.32 Å². The van der Waals surface area contributed by atoms with Crippen LogP contribution >= 0.6 is 0 Å². The fourth-order valence-electron chi connectivity index (χ4n) is 1.33. The predicted octanol–water partition coefficient (Wildman–Crippen LogP) is 0.679. The van der Waals surface area contributed by atoms with Gasteiger partial charge >= 0.3 is 0 Å². The Bertz CT molecular complexity index is 461. The molecule has 0 aliphatic carbocycles. The van der Waals surface area contributed by atoms with Gasteiger partial charge in [-0.2, -0.15) is 5.10 Å². The van der Waals surface area contributed by atoms with Crippen LogP contribution in [-0.4, -0.2) is 27.6 Å². The van der Waals surface area contributed by atoms with Crippen molar-refractivity contribution in [2.24, 2.45) is 0 Å². The summed E-state index contributed by atoms with van der Waals surface area (Å²) in [6.45, 7) is 2.32. The van der Waals surface area contributed by atoms with Crippen LogP contribution in [0.15, 0.2) is 23.1 Å². The molecule has 0 atom stereocenters. The number of hydrogen-bond donors (Lipinski definition) is 2. The van der Waals surface area contributed by atoms with Crippen molar-refractivity contribution in [2.45, 2.75) is 13.3 Å². The lowest BCUT2D eigenvalue weighted by Gasteiger charge is -2.01. The smallest absolute Gasteiger partial charge is 0.287 e. The minimum Gasteiger partial charge on any atom is -0.459 e. The molecular formula is C10H12N4O2. The molecule has 2 N–H and O–H groups in total. The van der Waals surface area contributed by atoms with Gasteiger partial charge in [0.2, 0.25) is 0 Å². The molecule has 0 fully saturated rings. The van der Waals surface area contributed by atoms with E-state index in [0.29, 0.717) is 18.7 Å². The Morgan fingerprint density at radius 1 is 1.62 bits per heavy atom. The van der Waals surface area contributed by atoms with Gasteiger partial charge in [0.05, 0.1) is 6.26 Å². The zero-order valence-electron chi connectivity index (χ0n) is 8.86. The summed E-state index contributed by atoms with van der Waals surface area (Å²) < 4.78 is 5.07. The number of hydrogen-bond acceptors (Lipinski definition) is 4. The minimum absolute atomic E-state index is 0.206. The number of nitrogens with one attached hydrogen (secondary N) is 2. The molecule has 16 heavy (non-hydrogen) atoms. The molecule has 1 amide bonds. The summed E-state index contributed by atoms with van der Waals surface area (Å²) in [7, 11) is 0. The van der Waals surface area contributed by atoms with Gasteiger partial charge in [0.15, 0.2) is 5.76 Å². The van der Waals surface area contributed by atoms with E-state index < -0.39 is 0 Å². The van der Waals surface area contributed by atoms with Gasteiger partial charge in [-0.25, -0.2) is 4.98 Å². The van der Waals surface area contributed by atoms with Crippen LogP contribution in [0.1, 0.15) is 21.9 Å². The molecule has 0 saturated carbocycles. The van der Waals surface area contributed by atoms with Gasteiger partial charge in [-0.05, 0) is 13.0 Å². The van der Waals surface area contributed by atoms with E-state index in [-0.39, 0.29) is 5.91 Å². The highest BCUT2D eigenvalue weighted by Crippen LogP contribution is 2.07. The largest absolute Gasteiger partial charge is 0.459 e. The molecule has 2 heterocycles. The first kappa shape index (κ1) is 10.4. The Hall–Kier alpha value is -2.11. The molecule has 0 radical (unpaired) electrons. The van der Waals surface area contributed by atoms with Crippen molar-refractivity contribution in [3.8, 4) is 0 Å². The summed E-state index contributed by atoms with van der Waals surface area (Å²) in [6, 6.07) is 1.76. The number of rotatable bonds is 4. The molecule has 2 aromatic rings. The summed E-state index contributed by atoms with van der Waals surface area (Å²) >= 11 is 0. The van der Waals surface area contributed by atoms with E-state index in [2.05, 4.69) is 20.5 Å². The van der Waals surface area contributed by atoms with E-state index in [4.69, 9.17) is 4.42 Å². The zero-order chi connectivity index (χ0) is 11.4. The number of H-pyrrole nitrogens is 1. The molecule has 84 valence electrons. The number of aryl methyl sites for hydroxylation is 1. The second kappa shape index (κ2) is 4.61. The van der Waals surface area contributed by atoms with Gasteiger partial charge in [-0.15, -0.1) is 0 Å². The highest BCUT2D eigenvalue weighted by molar-refractivity contribution is 5.92. The number of carbonyl (C=O) groups excluding carboxylic acids is 1. The van der Waals surface area contributed by atoms with Crippen molar-refractivity contribution in [3.05, 3.63) is 35.8 Å². The van der Waals surface area contributed by atoms with Gasteiger partial charge in [-0.1, -0.05) is 0 Å². The highest BCUT2D eigenvalue weighted by atomic mass is 16.3. The Morgan fingerprint density at radius 2 is 2.50 bits per heavy atom. The first-order chi connectivity index (χ1) is 7.77. The molecule has 6 heteroatoms. The second-order valence-corrected chi connectivity index (χ2v) is 3.37. The van der Waals surface area contributed by atoms with Crippen molar-refractivity contribution >= 4 is 5.91 Å². The Morgan fingerprint density at radius 3 is 3.12 bits per heavy atom. The Labute approximate surface area is 92.1 Å². The maximum atomic E-state index is 11.6. The van der Waals surface area contributed by atoms with E-state index in [9.17, 15) is 4.79 Å². The van der Waals surface area contributed by atoms with Gasteiger partial charge in [0, 0.05) is 18.5 Å². The Kier molecular flexibility index (Phi) is 3.00. The van der Waals surface area contributed by atoms with Crippen molar-refractivity contribution in [2.75, 3.05) is 6.54 Å².